The first-order valence-corrected chi connectivity index (χ1v) is 11.7. The van der Waals surface area contributed by atoms with E-state index in [0.29, 0.717) is 30.8 Å². The van der Waals surface area contributed by atoms with E-state index in [1.807, 2.05) is 12.1 Å². The summed E-state index contributed by atoms with van der Waals surface area (Å²) in [5.41, 5.74) is 0.549. The van der Waals surface area contributed by atoms with Crippen molar-refractivity contribution in [2.75, 3.05) is 29.9 Å². The maximum atomic E-state index is 13.0. The van der Waals surface area contributed by atoms with Gasteiger partial charge in [0.25, 0.3) is 0 Å². The number of rotatable bonds is 8. The molecule has 2 aromatic heterocycles. The summed E-state index contributed by atoms with van der Waals surface area (Å²) < 4.78 is 44.0. The molecule has 0 aliphatic carbocycles. The molecule has 3 heterocycles. The fourth-order valence-corrected chi connectivity index (χ4v) is 4.73. The number of piperidine rings is 1. The van der Waals surface area contributed by atoms with E-state index in [0.717, 1.165) is 34.9 Å². The number of carboxylic acids is 2. The molecule has 0 radical (unpaired) electrons. The van der Waals surface area contributed by atoms with E-state index >= 15 is 0 Å². The van der Waals surface area contributed by atoms with Crippen molar-refractivity contribution in [3.63, 3.8) is 0 Å². The molecule has 36 heavy (non-hydrogen) atoms. The van der Waals surface area contributed by atoms with Crippen molar-refractivity contribution in [1.82, 2.24) is 9.97 Å². The lowest BCUT2D eigenvalue weighted by Gasteiger charge is -2.33. The number of thiophene rings is 1. The zero-order valence-corrected chi connectivity index (χ0v) is 19.5. The standard InChI is InChI=1S/C23H21F3N4O5S/c24-23(25,26)18-4-7-27-22(29-18)30-8-5-14(6-9-30)28-15-3-1-2-13(10-15)17-11-16(35-12-19(31)32)20(36-17)21(33)34/h1-4,7,10-11,14,28H,5-6,8-9,12H2,(H,31,32)(H,33,34). The summed E-state index contributed by atoms with van der Waals surface area (Å²) in [5.74, 6) is -2.38. The molecule has 9 nitrogen and oxygen atoms in total. The number of carboxylic acid groups (broad SMARTS) is 2. The Morgan fingerprint density at radius 1 is 1.17 bits per heavy atom. The third-order valence-electron chi connectivity index (χ3n) is 5.47. The van der Waals surface area contributed by atoms with Gasteiger partial charge in [0.2, 0.25) is 5.95 Å². The summed E-state index contributed by atoms with van der Waals surface area (Å²) in [4.78, 5) is 32.2. The molecule has 0 spiro atoms. The van der Waals surface area contributed by atoms with Crippen molar-refractivity contribution < 1.29 is 37.7 Å². The normalized spacial score (nSPS) is 14.5. The molecule has 0 amide bonds. The van der Waals surface area contributed by atoms with Gasteiger partial charge in [0, 0.05) is 35.9 Å². The fourth-order valence-electron chi connectivity index (χ4n) is 3.79. The third-order valence-corrected chi connectivity index (χ3v) is 6.63. The molecule has 0 bridgehead atoms. The lowest BCUT2D eigenvalue weighted by Crippen LogP contribution is -2.40. The second-order valence-corrected chi connectivity index (χ2v) is 9.07. The average Bonchev–Trinajstić information content (AvgIpc) is 3.28. The van der Waals surface area contributed by atoms with Crippen molar-refractivity contribution in [2.45, 2.75) is 25.1 Å². The average molecular weight is 523 g/mol. The Labute approximate surface area is 207 Å². The van der Waals surface area contributed by atoms with Crippen molar-refractivity contribution in [3.8, 4) is 16.2 Å². The summed E-state index contributed by atoms with van der Waals surface area (Å²) in [6, 6.07) is 9.73. The van der Waals surface area contributed by atoms with Gasteiger partial charge < -0.3 is 25.2 Å². The summed E-state index contributed by atoms with van der Waals surface area (Å²) >= 11 is 0.982. The van der Waals surface area contributed by atoms with Gasteiger partial charge in [-0.15, -0.1) is 11.3 Å². The first kappa shape index (κ1) is 25.2. The fraction of sp³-hybridized carbons (Fsp3) is 0.304. The van der Waals surface area contributed by atoms with Crippen molar-refractivity contribution in [2.24, 2.45) is 0 Å². The molecule has 1 saturated heterocycles. The summed E-state index contributed by atoms with van der Waals surface area (Å²) in [6.07, 6.45) is -2.11. The van der Waals surface area contributed by atoms with Crippen LogP contribution >= 0.6 is 11.3 Å². The van der Waals surface area contributed by atoms with Gasteiger partial charge in [0.15, 0.2) is 11.5 Å². The number of aromatic carboxylic acids is 1. The van der Waals surface area contributed by atoms with E-state index in [1.165, 1.54) is 6.07 Å². The quantitative estimate of drug-likeness (QED) is 0.393. The minimum Gasteiger partial charge on any atom is -0.480 e. The Kier molecular flexibility index (Phi) is 7.29. The molecule has 0 unspecified atom stereocenters. The summed E-state index contributed by atoms with van der Waals surface area (Å²) in [7, 11) is 0. The highest BCUT2D eigenvalue weighted by atomic mass is 32.1. The zero-order chi connectivity index (χ0) is 25.9. The molecule has 3 N–H and O–H groups in total. The number of aromatic nitrogens is 2. The van der Waals surface area contributed by atoms with E-state index in [2.05, 4.69) is 15.3 Å². The summed E-state index contributed by atoms with van der Waals surface area (Å²) in [6.45, 7) is 0.313. The lowest BCUT2D eigenvalue weighted by atomic mass is 10.0. The first-order chi connectivity index (χ1) is 17.1. The molecule has 4 rings (SSSR count). The van der Waals surface area contributed by atoms with E-state index in [9.17, 15) is 27.9 Å². The van der Waals surface area contributed by atoms with Crippen LogP contribution in [0.4, 0.5) is 24.8 Å². The molecular weight excluding hydrogens is 501 g/mol. The Morgan fingerprint density at radius 2 is 1.92 bits per heavy atom. The zero-order valence-electron chi connectivity index (χ0n) is 18.7. The van der Waals surface area contributed by atoms with Crippen LogP contribution in [0.1, 0.15) is 28.2 Å². The molecule has 13 heteroatoms. The van der Waals surface area contributed by atoms with Crippen LogP contribution in [0.15, 0.2) is 42.6 Å². The molecule has 0 saturated carbocycles. The Morgan fingerprint density at radius 3 is 2.58 bits per heavy atom. The monoisotopic (exact) mass is 522 g/mol. The number of nitrogens with one attached hydrogen (secondary N) is 1. The number of benzene rings is 1. The van der Waals surface area contributed by atoms with Crippen LogP contribution in [0.25, 0.3) is 10.4 Å². The lowest BCUT2D eigenvalue weighted by molar-refractivity contribution is -0.141. The number of anilines is 2. The van der Waals surface area contributed by atoms with Gasteiger partial charge >= 0.3 is 18.1 Å². The van der Waals surface area contributed by atoms with Crippen molar-refractivity contribution >= 4 is 34.9 Å². The van der Waals surface area contributed by atoms with Crippen LogP contribution < -0.4 is 15.0 Å². The van der Waals surface area contributed by atoms with Crippen molar-refractivity contribution in [3.05, 3.63) is 53.2 Å². The molecule has 3 aromatic rings. The SMILES string of the molecule is O=C(O)COc1cc(-c2cccc(NC3CCN(c4nccc(C(F)(F)F)n4)CC3)c2)sc1C(=O)O. The smallest absolute Gasteiger partial charge is 0.433 e. The highest BCUT2D eigenvalue weighted by Gasteiger charge is 2.33. The molecular formula is C23H21F3N4O5S. The minimum absolute atomic E-state index is 0.00699. The van der Waals surface area contributed by atoms with Gasteiger partial charge in [-0.2, -0.15) is 13.2 Å². The van der Waals surface area contributed by atoms with E-state index < -0.39 is 30.4 Å². The minimum atomic E-state index is -4.53. The third kappa shape index (κ3) is 6.03. The predicted octanol–water partition coefficient (Wildman–Crippen LogP) is 4.47. The summed E-state index contributed by atoms with van der Waals surface area (Å²) in [5, 5.41) is 21.7. The van der Waals surface area contributed by atoms with Gasteiger partial charge in [0.05, 0.1) is 0 Å². The van der Waals surface area contributed by atoms with Gasteiger partial charge in [-0.05, 0) is 42.7 Å². The number of carbonyl (C=O) groups is 2. The number of ether oxygens (including phenoxy) is 1. The van der Waals surface area contributed by atoms with E-state index in [4.69, 9.17) is 9.84 Å². The predicted molar refractivity (Wildman–Crippen MR) is 126 cm³/mol. The first-order valence-electron chi connectivity index (χ1n) is 10.8. The number of hydrogen-bond acceptors (Lipinski definition) is 8. The second-order valence-electron chi connectivity index (χ2n) is 8.02. The van der Waals surface area contributed by atoms with Crippen LogP contribution in [-0.2, 0) is 11.0 Å². The molecule has 190 valence electrons. The van der Waals surface area contributed by atoms with Crippen LogP contribution in [-0.4, -0.2) is 57.9 Å². The number of alkyl halides is 3. The maximum Gasteiger partial charge on any atom is 0.433 e. The second kappa shape index (κ2) is 10.4. The van der Waals surface area contributed by atoms with Crippen LogP contribution in [0.5, 0.6) is 5.75 Å². The van der Waals surface area contributed by atoms with Gasteiger partial charge in [-0.25, -0.2) is 19.6 Å². The molecule has 1 aromatic carbocycles. The van der Waals surface area contributed by atoms with Crippen LogP contribution in [0, 0.1) is 0 Å². The Balaban J connectivity index is 1.42. The largest absolute Gasteiger partial charge is 0.480 e. The molecule has 1 fully saturated rings. The highest BCUT2D eigenvalue weighted by Crippen LogP contribution is 2.37. The molecule has 0 atom stereocenters. The van der Waals surface area contributed by atoms with E-state index in [1.54, 1.807) is 17.0 Å². The number of aliphatic carboxylic acids is 1. The number of hydrogen-bond donors (Lipinski definition) is 3. The van der Waals surface area contributed by atoms with Gasteiger partial charge in [-0.1, -0.05) is 12.1 Å². The van der Waals surface area contributed by atoms with Crippen LogP contribution in [0.2, 0.25) is 0 Å². The van der Waals surface area contributed by atoms with Gasteiger partial charge in [0.1, 0.15) is 11.4 Å². The van der Waals surface area contributed by atoms with E-state index in [-0.39, 0.29) is 22.6 Å². The number of halogens is 3. The number of nitrogens with zero attached hydrogens (tertiary/aromatic N) is 3. The van der Waals surface area contributed by atoms with Crippen molar-refractivity contribution in [1.29, 1.82) is 0 Å². The van der Waals surface area contributed by atoms with Gasteiger partial charge in [-0.3, -0.25) is 0 Å². The molecule has 1 aliphatic heterocycles. The van der Waals surface area contributed by atoms with Crippen LogP contribution in [0.3, 0.4) is 0 Å². The Bertz CT molecular complexity index is 1260. The topological polar surface area (TPSA) is 125 Å². The highest BCUT2D eigenvalue weighted by molar-refractivity contribution is 7.17. The Hall–Kier alpha value is -3.87. The molecule has 1 aliphatic rings. The maximum absolute atomic E-state index is 13.0.